The van der Waals surface area contributed by atoms with Crippen LogP contribution in [-0.2, 0) is 4.79 Å². The molecular formula is C30H31N5OS. The number of nitrogens with zero attached hydrogens (tertiary/aromatic N) is 3. The topological polar surface area (TPSA) is 62.2 Å². The summed E-state index contributed by atoms with van der Waals surface area (Å²) < 4.78 is 2.27. The molecule has 0 bridgehead atoms. The van der Waals surface area contributed by atoms with Gasteiger partial charge in [0.05, 0.1) is 17.8 Å². The van der Waals surface area contributed by atoms with E-state index in [4.69, 9.17) is 12.2 Å². The van der Waals surface area contributed by atoms with Crippen LogP contribution < -0.4 is 10.6 Å². The Labute approximate surface area is 223 Å². The Morgan fingerprint density at radius 2 is 1.73 bits per heavy atom. The molecule has 2 N–H and O–H groups in total. The number of carbonyl (C=O) groups is 1. The van der Waals surface area contributed by atoms with E-state index in [9.17, 15) is 4.79 Å². The van der Waals surface area contributed by atoms with Gasteiger partial charge in [0.25, 0.3) is 0 Å². The summed E-state index contributed by atoms with van der Waals surface area (Å²) in [5, 5.41) is 7.14. The molecule has 2 aromatic carbocycles. The van der Waals surface area contributed by atoms with Gasteiger partial charge in [0.2, 0.25) is 5.91 Å². The van der Waals surface area contributed by atoms with E-state index in [0.29, 0.717) is 18.1 Å². The van der Waals surface area contributed by atoms with Crippen LogP contribution in [0, 0.1) is 20.8 Å². The minimum Gasteiger partial charge on any atom is -0.352 e. The number of carbonyl (C=O) groups excluding carboxylic acids is 1. The van der Waals surface area contributed by atoms with Crippen LogP contribution in [0.2, 0.25) is 0 Å². The largest absolute Gasteiger partial charge is 0.352 e. The molecule has 0 spiro atoms. The Morgan fingerprint density at radius 3 is 2.43 bits per heavy atom. The van der Waals surface area contributed by atoms with Gasteiger partial charge in [0.15, 0.2) is 5.11 Å². The third-order valence-corrected chi connectivity index (χ3v) is 7.27. The summed E-state index contributed by atoms with van der Waals surface area (Å²) in [5.41, 5.74) is 7.46. The van der Waals surface area contributed by atoms with Crippen LogP contribution >= 0.6 is 12.2 Å². The molecule has 0 unspecified atom stereocenters. The number of benzene rings is 2. The average molecular weight is 510 g/mol. The Hall–Kier alpha value is -3.97. The average Bonchev–Trinajstić information content (AvgIpc) is 3.39. The van der Waals surface area contributed by atoms with E-state index in [1.807, 2.05) is 61.7 Å². The number of rotatable bonds is 7. The first-order valence-corrected chi connectivity index (χ1v) is 12.9. The quantitative estimate of drug-likeness (QED) is 0.309. The van der Waals surface area contributed by atoms with Crippen molar-refractivity contribution in [2.24, 2.45) is 0 Å². The molecule has 1 aliphatic rings. The van der Waals surface area contributed by atoms with Gasteiger partial charge >= 0.3 is 0 Å². The van der Waals surface area contributed by atoms with Crippen molar-refractivity contribution < 1.29 is 4.79 Å². The minimum atomic E-state index is -0.126. The number of anilines is 1. The van der Waals surface area contributed by atoms with Gasteiger partial charge in [-0.15, -0.1) is 0 Å². The maximum Gasteiger partial charge on any atom is 0.226 e. The summed E-state index contributed by atoms with van der Waals surface area (Å²) in [4.78, 5) is 19.6. The van der Waals surface area contributed by atoms with Gasteiger partial charge in [-0.05, 0) is 81.0 Å². The Balaban J connectivity index is 1.45. The molecule has 1 saturated heterocycles. The monoisotopic (exact) mass is 509 g/mol. The molecular weight excluding hydrogens is 478 g/mol. The van der Waals surface area contributed by atoms with Crippen LogP contribution in [0.25, 0.3) is 5.69 Å². The zero-order chi connectivity index (χ0) is 25.9. The molecule has 1 fully saturated rings. The molecule has 37 heavy (non-hydrogen) atoms. The van der Waals surface area contributed by atoms with Crippen molar-refractivity contribution in [3.05, 3.63) is 113 Å². The highest BCUT2D eigenvalue weighted by molar-refractivity contribution is 7.80. The molecule has 1 aliphatic heterocycles. The summed E-state index contributed by atoms with van der Waals surface area (Å²) in [5.74, 6) is -0.0403. The second-order valence-corrected chi connectivity index (χ2v) is 9.87. The maximum absolute atomic E-state index is 12.8. The molecule has 2 atom stereocenters. The number of nitrogens with one attached hydrogen (secondary N) is 2. The van der Waals surface area contributed by atoms with Crippen molar-refractivity contribution in [3.8, 4) is 5.69 Å². The number of para-hydroxylation sites is 1. The van der Waals surface area contributed by atoms with E-state index >= 15 is 0 Å². The van der Waals surface area contributed by atoms with Crippen molar-refractivity contribution >= 4 is 28.9 Å². The van der Waals surface area contributed by atoms with Crippen molar-refractivity contribution in [2.75, 3.05) is 11.9 Å². The summed E-state index contributed by atoms with van der Waals surface area (Å²) in [7, 11) is 0. The summed E-state index contributed by atoms with van der Waals surface area (Å²) in [6.07, 6.45) is 2.13. The first-order chi connectivity index (χ1) is 17.9. The highest BCUT2D eigenvalue weighted by Gasteiger charge is 2.41. The van der Waals surface area contributed by atoms with Gasteiger partial charge < -0.3 is 20.1 Å². The first-order valence-electron chi connectivity index (χ1n) is 12.5. The van der Waals surface area contributed by atoms with E-state index < -0.39 is 0 Å². The predicted molar refractivity (Wildman–Crippen MR) is 152 cm³/mol. The summed E-state index contributed by atoms with van der Waals surface area (Å²) >= 11 is 5.82. The normalized spacial score (nSPS) is 17.1. The first kappa shape index (κ1) is 24.7. The summed E-state index contributed by atoms with van der Waals surface area (Å²) in [6, 6.07) is 26.1. The van der Waals surface area contributed by atoms with E-state index in [-0.39, 0.29) is 18.0 Å². The highest BCUT2D eigenvalue weighted by atomic mass is 32.1. The lowest BCUT2D eigenvalue weighted by Crippen LogP contribution is -2.32. The lowest BCUT2D eigenvalue weighted by Gasteiger charge is -2.28. The highest BCUT2D eigenvalue weighted by Crippen LogP contribution is 2.41. The van der Waals surface area contributed by atoms with Crippen molar-refractivity contribution in [1.82, 2.24) is 19.8 Å². The standard InChI is InChI=1S/C30H31N5OS/c1-20-12-14-23(15-13-20)32-27(36)16-18-34-29(28(33-30(34)37)26-11-7-8-17-31-26)25-19-21(2)35(22(25)3)24-9-5-4-6-10-24/h4-15,17,19,28-29H,16,18H2,1-3H3,(H,32,36)(H,33,37)/t28-,29-/m0/s1. The molecule has 0 radical (unpaired) electrons. The smallest absolute Gasteiger partial charge is 0.226 e. The lowest BCUT2D eigenvalue weighted by atomic mass is 9.96. The van der Waals surface area contributed by atoms with E-state index in [2.05, 4.69) is 69.3 Å². The van der Waals surface area contributed by atoms with Crippen molar-refractivity contribution in [3.63, 3.8) is 0 Å². The van der Waals surface area contributed by atoms with Gasteiger partial charge in [-0.2, -0.15) is 0 Å². The molecule has 6 nitrogen and oxygen atoms in total. The van der Waals surface area contributed by atoms with Crippen LogP contribution in [0.4, 0.5) is 5.69 Å². The number of thiocarbonyl (C=S) groups is 1. The van der Waals surface area contributed by atoms with Gasteiger partial charge in [-0.3, -0.25) is 9.78 Å². The molecule has 5 rings (SSSR count). The number of hydrogen-bond donors (Lipinski definition) is 2. The SMILES string of the molecule is Cc1ccc(NC(=O)CCN2C(=S)N[C@@H](c3ccccn3)[C@@H]2c2cc(C)n(-c3ccccc3)c2C)cc1. The second kappa shape index (κ2) is 10.6. The number of hydrogen-bond acceptors (Lipinski definition) is 3. The molecule has 188 valence electrons. The predicted octanol–water partition coefficient (Wildman–Crippen LogP) is 5.80. The number of amides is 1. The second-order valence-electron chi connectivity index (χ2n) is 9.48. The number of pyridine rings is 1. The third-order valence-electron chi connectivity index (χ3n) is 6.92. The minimum absolute atomic E-state index is 0.0403. The molecule has 0 aliphatic carbocycles. The zero-order valence-electron chi connectivity index (χ0n) is 21.3. The fourth-order valence-corrected chi connectivity index (χ4v) is 5.46. The Morgan fingerprint density at radius 1 is 1.00 bits per heavy atom. The van der Waals surface area contributed by atoms with Crippen LogP contribution in [0.5, 0.6) is 0 Å². The molecule has 4 aromatic rings. The van der Waals surface area contributed by atoms with Crippen LogP contribution in [0.1, 0.15) is 46.7 Å². The van der Waals surface area contributed by atoms with Crippen molar-refractivity contribution in [1.29, 1.82) is 0 Å². The van der Waals surface area contributed by atoms with E-state index in [1.165, 1.54) is 5.56 Å². The Bertz CT molecular complexity index is 1400. The van der Waals surface area contributed by atoms with Gasteiger partial charge in [0.1, 0.15) is 0 Å². The van der Waals surface area contributed by atoms with Crippen LogP contribution in [-0.4, -0.2) is 32.0 Å². The molecule has 3 heterocycles. The van der Waals surface area contributed by atoms with Gasteiger partial charge in [-0.1, -0.05) is 42.0 Å². The molecule has 0 saturated carbocycles. The molecule has 1 amide bonds. The van der Waals surface area contributed by atoms with Crippen molar-refractivity contribution in [2.45, 2.75) is 39.3 Å². The summed E-state index contributed by atoms with van der Waals surface area (Å²) in [6.45, 7) is 6.79. The third kappa shape index (κ3) is 5.13. The Kier molecular flexibility index (Phi) is 7.06. The fraction of sp³-hybridized carbons (Fsp3) is 0.233. The van der Waals surface area contributed by atoms with E-state index in [1.54, 1.807) is 0 Å². The number of aryl methyl sites for hydroxylation is 2. The maximum atomic E-state index is 12.8. The zero-order valence-corrected chi connectivity index (χ0v) is 22.1. The number of aromatic nitrogens is 2. The molecule has 7 heteroatoms. The van der Waals surface area contributed by atoms with Crippen LogP contribution in [0.15, 0.2) is 85.1 Å². The molecule has 2 aromatic heterocycles. The van der Waals surface area contributed by atoms with E-state index in [0.717, 1.165) is 34.0 Å². The fourth-order valence-electron chi connectivity index (χ4n) is 5.13. The van der Waals surface area contributed by atoms with Gasteiger partial charge in [-0.25, -0.2) is 0 Å². The van der Waals surface area contributed by atoms with Crippen LogP contribution in [0.3, 0.4) is 0 Å². The lowest BCUT2D eigenvalue weighted by molar-refractivity contribution is -0.116. The van der Waals surface area contributed by atoms with Gasteiger partial charge in [0, 0.05) is 41.9 Å².